The summed E-state index contributed by atoms with van der Waals surface area (Å²) in [6, 6.07) is 15.7. The fourth-order valence-corrected chi connectivity index (χ4v) is 1.95. The predicted molar refractivity (Wildman–Crippen MR) is 76.8 cm³/mol. The van der Waals surface area contributed by atoms with Gasteiger partial charge in [-0.25, -0.2) is 0 Å². The number of hydrogen-bond donors (Lipinski definition) is 1. The summed E-state index contributed by atoms with van der Waals surface area (Å²) in [7, 11) is 1.62. The first-order chi connectivity index (χ1) is 9.28. The topological polar surface area (TPSA) is 45.0 Å². The number of ether oxygens (including phenoxy) is 1. The van der Waals surface area contributed by atoms with Crippen LogP contribution in [0.5, 0.6) is 5.75 Å². The van der Waals surface area contributed by atoms with E-state index in [1.54, 1.807) is 19.2 Å². The lowest BCUT2D eigenvalue weighted by Crippen LogP contribution is -1.98. The van der Waals surface area contributed by atoms with Crippen LogP contribution in [0.2, 0.25) is 0 Å². The molecule has 0 heterocycles. The van der Waals surface area contributed by atoms with Gasteiger partial charge in [-0.2, -0.15) is 5.26 Å². The number of nitrogens with one attached hydrogen (secondary N) is 1. The summed E-state index contributed by atoms with van der Waals surface area (Å²) in [4.78, 5) is 0. The van der Waals surface area contributed by atoms with E-state index >= 15 is 0 Å². The molecule has 0 aromatic heterocycles. The first-order valence-electron chi connectivity index (χ1n) is 6.21. The Labute approximate surface area is 113 Å². The minimum Gasteiger partial charge on any atom is -0.497 e. The number of nitrogens with zero attached hydrogens (tertiary/aromatic N) is 1. The molecule has 96 valence electrons. The van der Waals surface area contributed by atoms with Crippen molar-refractivity contribution in [2.24, 2.45) is 0 Å². The highest BCUT2D eigenvalue weighted by Gasteiger charge is 2.06. The van der Waals surface area contributed by atoms with Gasteiger partial charge in [-0.05, 0) is 30.2 Å². The van der Waals surface area contributed by atoms with Crippen LogP contribution in [0.3, 0.4) is 0 Å². The monoisotopic (exact) mass is 252 g/mol. The molecule has 3 nitrogen and oxygen atoms in total. The predicted octanol–water partition coefficient (Wildman–Crippen LogP) is 3.87. The quantitative estimate of drug-likeness (QED) is 0.898. The highest BCUT2D eigenvalue weighted by atomic mass is 16.5. The number of anilines is 2. The maximum absolute atomic E-state index is 9.16. The molecule has 0 aliphatic rings. The summed E-state index contributed by atoms with van der Waals surface area (Å²) in [5, 5.41) is 12.5. The number of benzene rings is 2. The zero-order chi connectivity index (χ0) is 13.7. The smallest absolute Gasteiger partial charge is 0.121 e. The Hall–Kier alpha value is -2.47. The van der Waals surface area contributed by atoms with E-state index in [1.807, 2.05) is 24.3 Å². The number of hydrogen-bond acceptors (Lipinski definition) is 3. The average molecular weight is 252 g/mol. The van der Waals surface area contributed by atoms with Crippen LogP contribution in [0.1, 0.15) is 18.1 Å². The van der Waals surface area contributed by atoms with Crippen molar-refractivity contribution in [3.05, 3.63) is 53.6 Å². The molecule has 3 heteroatoms. The van der Waals surface area contributed by atoms with E-state index < -0.39 is 0 Å². The highest BCUT2D eigenvalue weighted by Crippen LogP contribution is 2.27. The van der Waals surface area contributed by atoms with Gasteiger partial charge in [0.05, 0.1) is 18.4 Å². The Morgan fingerprint density at radius 2 is 1.95 bits per heavy atom. The number of aryl methyl sites for hydroxylation is 1. The van der Waals surface area contributed by atoms with Crippen LogP contribution in [-0.4, -0.2) is 7.11 Å². The molecule has 19 heavy (non-hydrogen) atoms. The summed E-state index contributed by atoms with van der Waals surface area (Å²) in [5.74, 6) is 0.732. The molecule has 0 unspecified atom stereocenters. The van der Waals surface area contributed by atoms with E-state index in [-0.39, 0.29) is 0 Å². The van der Waals surface area contributed by atoms with Gasteiger partial charge in [0.25, 0.3) is 0 Å². The standard InChI is InChI=1S/C16H16N2O/c1-3-12-6-4-5-7-15(12)18-16-10-14(19-2)9-8-13(16)11-17/h4-10,18H,3H2,1-2H3. The molecular weight excluding hydrogens is 236 g/mol. The van der Waals surface area contributed by atoms with Gasteiger partial charge in [-0.3, -0.25) is 0 Å². The summed E-state index contributed by atoms with van der Waals surface area (Å²) in [6.45, 7) is 2.11. The summed E-state index contributed by atoms with van der Waals surface area (Å²) >= 11 is 0. The second kappa shape index (κ2) is 5.92. The van der Waals surface area contributed by atoms with Gasteiger partial charge in [0, 0.05) is 11.8 Å². The molecule has 2 aromatic carbocycles. The van der Waals surface area contributed by atoms with Crippen molar-refractivity contribution in [2.75, 3.05) is 12.4 Å². The Bertz CT molecular complexity index is 614. The second-order valence-electron chi connectivity index (χ2n) is 4.16. The second-order valence-corrected chi connectivity index (χ2v) is 4.16. The van der Waals surface area contributed by atoms with Crippen molar-refractivity contribution in [2.45, 2.75) is 13.3 Å². The number of rotatable bonds is 4. The van der Waals surface area contributed by atoms with Crippen molar-refractivity contribution >= 4 is 11.4 Å². The third-order valence-electron chi connectivity index (χ3n) is 3.01. The van der Waals surface area contributed by atoms with E-state index in [1.165, 1.54) is 5.56 Å². The molecule has 0 radical (unpaired) electrons. The first kappa shape index (κ1) is 13.0. The van der Waals surface area contributed by atoms with Crippen LogP contribution in [0, 0.1) is 11.3 Å². The average Bonchev–Trinajstić information content (AvgIpc) is 2.47. The van der Waals surface area contributed by atoms with Gasteiger partial charge in [0.15, 0.2) is 0 Å². The lowest BCUT2D eigenvalue weighted by Gasteiger charge is -2.13. The van der Waals surface area contributed by atoms with Gasteiger partial charge >= 0.3 is 0 Å². The number of methoxy groups -OCH3 is 1. The lowest BCUT2D eigenvalue weighted by molar-refractivity contribution is 0.415. The van der Waals surface area contributed by atoms with E-state index in [9.17, 15) is 0 Å². The van der Waals surface area contributed by atoms with Crippen LogP contribution in [0.25, 0.3) is 0 Å². The molecule has 0 amide bonds. The van der Waals surface area contributed by atoms with Gasteiger partial charge in [0.1, 0.15) is 11.8 Å². The largest absolute Gasteiger partial charge is 0.497 e. The van der Waals surface area contributed by atoms with E-state index in [0.717, 1.165) is 23.5 Å². The van der Waals surface area contributed by atoms with Gasteiger partial charge < -0.3 is 10.1 Å². The molecule has 0 bridgehead atoms. The fourth-order valence-electron chi connectivity index (χ4n) is 1.95. The molecule has 0 saturated carbocycles. The molecule has 0 atom stereocenters. The minimum absolute atomic E-state index is 0.603. The maximum atomic E-state index is 9.16. The number of nitriles is 1. The highest BCUT2D eigenvalue weighted by molar-refractivity contribution is 5.70. The SMILES string of the molecule is CCc1ccccc1Nc1cc(OC)ccc1C#N. The first-order valence-corrected chi connectivity index (χ1v) is 6.21. The zero-order valence-corrected chi connectivity index (χ0v) is 11.1. The fraction of sp³-hybridized carbons (Fsp3) is 0.188. The molecule has 1 N–H and O–H groups in total. The lowest BCUT2D eigenvalue weighted by atomic mass is 10.1. The van der Waals surface area contributed by atoms with Crippen LogP contribution < -0.4 is 10.1 Å². The van der Waals surface area contributed by atoms with Gasteiger partial charge in [-0.15, -0.1) is 0 Å². The third kappa shape index (κ3) is 2.86. The normalized spacial score (nSPS) is 9.74. The molecule has 0 aliphatic heterocycles. The molecule has 2 aromatic rings. The molecule has 2 rings (SSSR count). The van der Waals surface area contributed by atoms with Crippen molar-refractivity contribution in [1.82, 2.24) is 0 Å². The minimum atomic E-state index is 0.603. The summed E-state index contributed by atoms with van der Waals surface area (Å²) in [6.07, 6.45) is 0.940. The van der Waals surface area contributed by atoms with E-state index in [4.69, 9.17) is 10.00 Å². The Kier molecular flexibility index (Phi) is 4.04. The van der Waals surface area contributed by atoms with Crippen LogP contribution in [0.4, 0.5) is 11.4 Å². The molecule has 0 saturated heterocycles. The van der Waals surface area contributed by atoms with Crippen LogP contribution in [0.15, 0.2) is 42.5 Å². The van der Waals surface area contributed by atoms with Crippen LogP contribution in [-0.2, 0) is 6.42 Å². The van der Waals surface area contributed by atoms with Crippen molar-refractivity contribution in [3.8, 4) is 11.8 Å². The Balaban J connectivity index is 2.39. The van der Waals surface area contributed by atoms with Crippen molar-refractivity contribution in [1.29, 1.82) is 5.26 Å². The van der Waals surface area contributed by atoms with Crippen LogP contribution >= 0.6 is 0 Å². The molecule has 0 spiro atoms. The van der Waals surface area contributed by atoms with Crippen molar-refractivity contribution in [3.63, 3.8) is 0 Å². The molecule has 0 aliphatic carbocycles. The van der Waals surface area contributed by atoms with E-state index in [0.29, 0.717) is 5.56 Å². The third-order valence-corrected chi connectivity index (χ3v) is 3.01. The van der Waals surface area contributed by atoms with Gasteiger partial charge in [0.2, 0.25) is 0 Å². The van der Waals surface area contributed by atoms with Crippen molar-refractivity contribution < 1.29 is 4.74 Å². The zero-order valence-electron chi connectivity index (χ0n) is 11.1. The van der Waals surface area contributed by atoms with Gasteiger partial charge in [-0.1, -0.05) is 25.1 Å². The number of para-hydroxylation sites is 1. The molecular formula is C16H16N2O. The summed E-state index contributed by atoms with van der Waals surface area (Å²) in [5.41, 5.74) is 3.61. The Morgan fingerprint density at radius 1 is 1.16 bits per heavy atom. The summed E-state index contributed by atoms with van der Waals surface area (Å²) < 4.78 is 5.20. The Morgan fingerprint density at radius 3 is 2.63 bits per heavy atom. The van der Waals surface area contributed by atoms with E-state index in [2.05, 4.69) is 24.4 Å². The maximum Gasteiger partial charge on any atom is 0.121 e. The molecule has 0 fully saturated rings.